The summed E-state index contributed by atoms with van der Waals surface area (Å²) in [4.78, 5) is 23.3. The highest BCUT2D eigenvalue weighted by Crippen LogP contribution is 2.43. The Morgan fingerprint density at radius 1 is 0.473 bits per heavy atom. The average molecular weight is 1050 g/mol. The van der Waals surface area contributed by atoms with Gasteiger partial charge in [0.1, 0.15) is 13.2 Å². The fourth-order valence-corrected chi connectivity index (χ4v) is 8.75. The number of carbonyl (C=O) groups is 1. The molecule has 3 unspecified atom stereocenters. The van der Waals surface area contributed by atoms with Crippen LogP contribution in [0.2, 0.25) is 0 Å². The molecular weight excluding hydrogens is 936 g/mol. The molecule has 0 aliphatic rings. The molecule has 0 bridgehead atoms. The molecule has 424 valence electrons. The van der Waals surface area contributed by atoms with Gasteiger partial charge < -0.3 is 19.8 Å². The lowest BCUT2D eigenvalue weighted by Gasteiger charge is -2.25. The predicted molar refractivity (Wildman–Crippen MR) is 322 cm³/mol. The van der Waals surface area contributed by atoms with Crippen molar-refractivity contribution in [3.63, 3.8) is 0 Å². The summed E-state index contributed by atoms with van der Waals surface area (Å²) in [5.74, 6) is -0.233. The van der Waals surface area contributed by atoms with Crippen LogP contribution in [0.15, 0.2) is 122 Å². The van der Waals surface area contributed by atoms with E-state index in [1.165, 1.54) is 122 Å². The summed E-state index contributed by atoms with van der Waals surface area (Å²) in [7, 11) is 1.51. The van der Waals surface area contributed by atoms with E-state index in [9.17, 15) is 19.4 Å². The lowest BCUT2D eigenvalue weighted by molar-refractivity contribution is -0.870. The lowest BCUT2D eigenvalue weighted by atomic mass is 10.0. The highest BCUT2D eigenvalue weighted by molar-refractivity contribution is 7.47. The first kappa shape index (κ1) is 70.9. The number of aliphatic hydroxyl groups excluding tert-OH is 1. The van der Waals surface area contributed by atoms with Crippen LogP contribution in [0, 0.1) is 0 Å². The zero-order chi connectivity index (χ0) is 54.2. The van der Waals surface area contributed by atoms with Gasteiger partial charge in [-0.25, -0.2) is 4.57 Å². The number of quaternary nitrogens is 1. The van der Waals surface area contributed by atoms with Gasteiger partial charge >= 0.3 is 7.82 Å². The Kier molecular flexibility index (Phi) is 52.4. The number of rotatable bonds is 53. The van der Waals surface area contributed by atoms with E-state index >= 15 is 0 Å². The number of nitrogens with zero attached hydrogens (tertiary/aromatic N) is 1. The number of aliphatic hydroxyl groups is 1. The van der Waals surface area contributed by atoms with E-state index in [0.29, 0.717) is 17.4 Å². The van der Waals surface area contributed by atoms with Crippen LogP contribution in [0.3, 0.4) is 0 Å². The Morgan fingerprint density at radius 2 is 0.824 bits per heavy atom. The average Bonchev–Trinajstić information content (AvgIpc) is 3.36. The van der Waals surface area contributed by atoms with Crippen molar-refractivity contribution in [3.05, 3.63) is 122 Å². The Bertz CT molecular complexity index is 1620. The number of hydrogen-bond acceptors (Lipinski definition) is 5. The minimum absolute atomic E-state index is 0.0406. The number of carbonyl (C=O) groups excluding carboxylic acids is 1. The standard InChI is InChI=1S/C65H113N2O6P/c1-6-8-10-12-14-16-18-20-22-24-26-28-30-32-33-35-37-39-41-43-45-47-49-51-53-55-57-59-65(69)66-63(62-73-74(70,71)72-61-60-67(3,4)5)64(68)58-56-54-52-50-48-46-44-42-40-38-36-34-31-29-27-25-23-21-19-17-15-13-11-9-7-2/h8,10,14,16,20,22,26,28,32-33,37,39,43,45,48-51,56,58,63-64,68H,6-7,9,11-13,15,17-19,21,23-25,27,29-31,34-36,38,40-42,44,46-47,52-55,57,59-62H2,1-5H3,(H-,66,69,70,71)/p+1/b10-8-,16-14-,22-20-,28-26-,33-32-,39-37-,45-43-,50-48+,51-49-,58-56+. The summed E-state index contributed by atoms with van der Waals surface area (Å²) in [6, 6.07) is -0.897. The molecule has 0 aromatic rings. The molecule has 0 radical (unpaired) electrons. The third kappa shape index (κ3) is 56.6. The fraction of sp³-hybridized carbons (Fsp3) is 0.677. The van der Waals surface area contributed by atoms with Crippen molar-refractivity contribution in [2.45, 2.75) is 244 Å². The maximum absolute atomic E-state index is 13.0. The second-order valence-corrected chi connectivity index (χ2v) is 22.4. The molecule has 9 heteroatoms. The Morgan fingerprint density at radius 3 is 1.24 bits per heavy atom. The third-order valence-electron chi connectivity index (χ3n) is 12.7. The molecular formula is C65H114N2O6P+. The lowest BCUT2D eigenvalue weighted by Crippen LogP contribution is -2.45. The third-order valence-corrected chi connectivity index (χ3v) is 13.6. The van der Waals surface area contributed by atoms with Crippen LogP contribution in [0.25, 0.3) is 0 Å². The minimum atomic E-state index is -4.38. The van der Waals surface area contributed by atoms with Gasteiger partial charge in [-0.3, -0.25) is 13.8 Å². The van der Waals surface area contributed by atoms with E-state index < -0.39 is 20.0 Å². The van der Waals surface area contributed by atoms with Gasteiger partial charge in [0.2, 0.25) is 5.91 Å². The summed E-state index contributed by atoms with van der Waals surface area (Å²) >= 11 is 0. The molecule has 0 saturated carbocycles. The van der Waals surface area contributed by atoms with E-state index in [4.69, 9.17) is 9.05 Å². The monoisotopic (exact) mass is 1050 g/mol. The molecule has 8 nitrogen and oxygen atoms in total. The molecule has 0 aliphatic heterocycles. The maximum Gasteiger partial charge on any atom is 0.472 e. The van der Waals surface area contributed by atoms with Gasteiger partial charge in [0.15, 0.2) is 0 Å². The van der Waals surface area contributed by atoms with Crippen molar-refractivity contribution in [1.82, 2.24) is 5.32 Å². The zero-order valence-electron chi connectivity index (χ0n) is 48.3. The van der Waals surface area contributed by atoms with E-state index in [2.05, 4.69) is 129 Å². The van der Waals surface area contributed by atoms with Gasteiger partial charge in [0.25, 0.3) is 0 Å². The molecule has 0 spiro atoms. The zero-order valence-corrected chi connectivity index (χ0v) is 49.2. The first-order chi connectivity index (χ1) is 36.0. The van der Waals surface area contributed by atoms with E-state index in [1.54, 1.807) is 6.08 Å². The molecule has 3 N–H and O–H groups in total. The number of likely N-dealkylation sites (N-methyl/N-ethyl adjacent to an activating group) is 1. The van der Waals surface area contributed by atoms with Crippen LogP contribution < -0.4 is 5.32 Å². The molecule has 0 fully saturated rings. The van der Waals surface area contributed by atoms with Crippen molar-refractivity contribution < 1.29 is 32.9 Å². The fourth-order valence-electron chi connectivity index (χ4n) is 8.01. The molecule has 0 rings (SSSR count). The predicted octanol–water partition coefficient (Wildman–Crippen LogP) is 18.5. The summed E-state index contributed by atoms with van der Waals surface area (Å²) in [5, 5.41) is 13.9. The molecule has 0 aromatic heterocycles. The minimum Gasteiger partial charge on any atom is -0.387 e. The van der Waals surface area contributed by atoms with Crippen LogP contribution in [-0.4, -0.2) is 73.4 Å². The maximum atomic E-state index is 13.0. The highest BCUT2D eigenvalue weighted by atomic mass is 31.2. The number of phosphoric ester groups is 1. The van der Waals surface area contributed by atoms with E-state index in [0.717, 1.165) is 83.5 Å². The Labute approximate surface area is 456 Å². The highest BCUT2D eigenvalue weighted by Gasteiger charge is 2.27. The van der Waals surface area contributed by atoms with Gasteiger partial charge in [-0.1, -0.05) is 251 Å². The second-order valence-electron chi connectivity index (χ2n) is 21.0. The van der Waals surface area contributed by atoms with Crippen molar-refractivity contribution in [2.24, 2.45) is 0 Å². The summed E-state index contributed by atoms with van der Waals surface area (Å²) in [6.07, 6.45) is 81.7. The summed E-state index contributed by atoms with van der Waals surface area (Å²) in [5.41, 5.74) is 0. The second kappa shape index (κ2) is 54.7. The van der Waals surface area contributed by atoms with Crippen molar-refractivity contribution in [3.8, 4) is 0 Å². The number of phosphoric acid groups is 1. The van der Waals surface area contributed by atoms with Gasteiger partial charge in [-0.2, -0.15) is 0 Å². The van der Waals surface area contributed by atoms with Crippen LogP contribution in [0.5, 0.6) is 0 Å². The molecule has 0 saturated heterocycles. The van der Waals surface area contributed by atoms with E-state index in [1.807, 2.05) is 27.2 Å². The van der Waals surface area contributed by atoms with Gasteiger partial charge in [-0.05, 0) is 96.3 Å². The molecule has 1 amide bonds. The Balaban J connectivity index is 4.37. The molecule has 3 atom stereocenters. The normalized spacial score (nSPS) is 14.7. The number of nitrogens with one attached hydrogen (secondary N) is 1. The first-order valence-corrected chi connectivity index (χ1v) is 31.4. The quantitative estimate of drug-likeness (QED) is 0.0243. The van der Waals surface area contributed by atoms with Crippen LogP contribution in [-0.2, 0) is 18.4 Å². The van der Waals surface area contributed by atoms with Gasteiger partial charge in [0.05, 0.1) is 39.9 Å². The summed E-state index contributed by atoms with van der Waals surface area (Å²) < 4.78 is 23.7. The first-order valence-electron chi connectivity index (χ1n) is 29.9. The molecule has 0 heterocycles. The van der Waals surface area contributed by atoms with Crippen LogP contribution >= 0.6 is 7.82 Å². The molecule has 0 aliphatic carbocycles. The van der Waals surface area contributed by atoms with Crippen molar-refractivity contribution in [2.75, 3.05) is 40.9 Å². The smallest absolute Gasteiger partial charge is 0.387 e. The van der Waals surface area contributed by atoms with E-state index in [-0.39, 0.29) is 25.5 Å². The molecule has 74 heavy (non-hydrogen) atoms. The number of unbranched alkanes of at least 4 members (excludes halogenated alkanes) is 22. The Hall–Kier alpha value is -3.10. The SMILES string of the molecule is CC/C=C\C/C=C\C/C=C\C/C=C\C/C=C\C/C=C\C/C=C\C/C=C\CCCCC(=O)NC(COP(=O)(O)OCC[N+](C)(C)C)C(O)/C=C/CC/C=C/CCCCCCCCCCCCCCCCCCCCC. The van der Waals surface area contributed by atoms with Crippen molar-refractivity contribution >= 4 is 13.7 Å². The van der Waals surface area contributed by atoms with Gasteiger partial charge in [-0.15, -0.1) is 0 Å². The van der Waals surface area contributed by atoms with Crippen molar-refractivity contribution in [1.29, 1.82) is 0 Å². The number of hydrogen-bond donors (Lipinski definition) is 3. The molecule has 0 aromatic carbocycles. The topological polar surface area (TPSA) is 105 Å². The number of amides is 1. The largest absolute Gasteiger partial charge is 0.472 e. The van der Waals surface area contributed by atoms with Crippen LogP contribution in [0.4, 0.5) is 0 Å². The van der Waals surface area contributed by atoms with Gasteiger partial charge in [0, 0.05) is 6.42 Å². The van der Waals surface area contributed by atoms with Crippen LogP contribution in [0.1, 0.15) is 232 Å². The number of allylic oxidation sites excluding steroid dienone is 19. The summed E-state index contributed by atoms with van der Waals surface area (Å²) in [6.45, 7) is 4.65.